The number of hydrogen-bond acceptors (Lipinski definition) is 1. The Morgan fingerprint density at radius 1 is 1.12 bits per heavy atom. The lowest BCUT2D eigenvalue weighted by Crippen LogP contribution is -2.07. The molecule has 0 aliphatic rings. The van der Waals surface area contributed by atoms with Gasteiger partial charge in [0.15, 0.2) is 0 Å². The van der Waals surface area contributed by atoms with Crippen LogP contribution in [-0.4, -0.2) is 5.91 Å². The maximum atomic E-state index is 11.1. The largest absolute Gasteiger partial charge is 0.326 e. The van der Waals surface area contributed by atoms with Crippen LogP contribution in [0.4, 0.5) is 5.69 Å². The van der Waals surface area contributed by atoms with Crippen LogP contribution < -0.4 is 5.32 Å². The van der Waals surface area contributed by atoms with E-state index >= 15 is 0 Å². The van der Waals surface area contributed by atoms with Crippen LogP contribution in [0.5, 0.6) is 0 Å². The van der Waals surface area contributed by atoms with Crippen LogP contribution in [0.1, 0.15) is 18.1 Å². The van der Waals surface area contributed by atoms with E-state index in [4.69, 9.17) is 0 Å². The van der Waals surface area contributed by atoms with Gasteiger partial charge in [-0.25, -0.2) is 0 Å². The zero-order chi connectivity index (χ0) is 11.7. The molecule has 0 spiro atoms. The fraction of sp³-hybridized carbons (Fsp3) is 0.214. The first-order chi connectivity index (χ1) is 7.59. The molecule has 2 aromatic carbocycles. The van der Waals surface area contributed by atoms with Crippen LogP contribution >= 0.6 is 0 Å². The van der Waals surface area contributed by atoms with Crippen molar-refractivity contribution in [2.24, 2.45) is 0 Å². The smallest absolute Gasteiger partial charge is 0.221 e. The number of nitrogens with one attached hydrogen (secondary N) is 1. The minimum atomic E-state index is -0.0298. The Morgan fingerprint density at radius 2 is 1.75 bits per heavy atom. The molecule has 16 heavy (non-hydrogen) atoms. The van der Waals surface area contributed by atoms with Crippen LogP contribution in [0.25, 0.3) is 10.8 Å². The number of amides is 1. The highest BCUT2D eigenvalue weighted by Crippen LogP contribution is 2.28. The monoisotopic (exact) mass is 213 g/mol. The molecule has 0 bridgehead atoms. The SMILES string of the molecule is CC(=O)Nc1cc(C)c2ccccc2c1C. The second-order valence-electron chi connectivity index (χ2n) is 4.09. The Bertz CT molecular complexity index is 558. The number of anilines is 1. The normalized spacial score (nSPS) is 10.4. The van der Waals surface area contributed by atoms with Crippen LogP contribution in [-0.2, 0) is 4.79 Å². The van der Waals surface area contributed by atoms with E-state index in [1.165, 1.54) is 23.3 Å². The molecule has 1 amide bonds. The van der Waals surface area contributed by atoms with Crippen LogP contribution in [0.3, 0.4) is 0 Å². The average Bonchev–Trinajstić information content (AvgIpc) is 2.25. The Hall–Kier alpha value is -1.83. The summed E-state index contributed by atoms with van der Waals surface area (Å²) < 4.78 is 0. The number of carbonyl (C=O) groups excluding carboxylic acids is 1. The first-order valence-electron chi connectivity index (χ1n) is 5.36. The van der Waals surface area contributed by atoms with Crippen molar-refractivity contribution >= 4 is 22.4 Å². The Kier molecular flexibility index (Phi) is 2.65. The summed E-state index contributed by atoms with van der Waals surface area (Å²) in [5.74, 6) is -0.0298. The molecule has 0 fully saturated rings. The van der Waals surface area contributed by atoms with E-state index in [0.717, 1.165) is 11.3 Å². The fourth-order valence-corrected chi connectivity index (χ4v) is 2.02. The molecule has 2 nitrogen and oxygen atoms in total. The van der Waals surface area contributed by atoms with Crippen molar-refractivity contribution in [3.8, 4) is 0 Å². The first-order valence-corrected chi connectivity index (χ1v) is 5.36. The molecule has 0 heterocycles. The zero-order valence-electron chi connectivity index (χ0n) is 9.79. The molecule has 0 aliphatic carbocycles. The third-order valence-electron chi connectivity index (χ3n) is 2.83. The Labute approximate surface area is 95.3 Å². The van der Waals surface area contributed by atoms with Crippen molar-refractivity contribution in [1.82, 2.24) is 0 Å². The quantitative estimate of drug-likeness (QED) is 0.772. The Morgan fingerprint density at radius 3 is 2.38 bits per heavy atom. The lowest BCUT2D eigenvalue weighted by Gasteiger charge is -2.12. The maximum absolute atomic E-state index is 11.1. The minimum absolute atomic E-state index is 0.0298. The molecule has 2 aromatic rings. The lowest BCUT2D eigenvalue weighted by atomic mass is 9.99. The highest BCUT2D eigenvalue weighted by molar-refractivity contribution is 5.97. The molecule has 1 N–H and O–H groups in total. The lowest BCUT2D eigenvalue weighted by molar-refractivity contribution is -0.114. The molecule has 0 saturated carbocycles. The van der Waals surface area contributed by atoms with E-state index in [2.05, 4.69) is 24.4 Å². The predicted octanol–water partition coefficient (Wildman–Crippen LogP) is 3.42. The summed E-state index contributed by atoms with van der Waals surface area (Å²) in [5.41, 5.74) is 3.21. The number of fused-ring (bicyclic) bond motifs is 1. The Balaban J connectivity index is 2.70. The highest BCUT2D eigenvalue weighted by atomic mass is 16.1. The summed E-state index contributed by atoms with van der Waals surface area (Å²) in [4.78, 5) is 11.1. The molecule has 0 aromatic heterocycles. The maximum Gasteiger partial charge on any atom is 0.221 e. The third-order valence-corrected chi connectivity index (χ3v) is 2.83. The second-order valence-corrected chi connectivity index (χ2v) is 4.09. The summed E-state index contributed by atoms with van der Waals surface area (Å²) in [5, 5.41) is 5.31. The fourth-order valence-electron chi connectivity index (χ4n) is 2.02. The molecule has 82 valence electrons. The highest BCUT2D eigenvalue weighted by Gasteiger charge is 2.06. The summed E-state index contributed by atoms with van der Waals surface area (Å²) in [6.45, 7) is 5.63. The van der Waals surface area contributed by atoms with Gasteiger partial charge in [-0.1, -0.05) is 24.3 Å². The van der Waals surface area contributed by atoms with Gasteiger partial charge < -0.3 is 5.32 Å². The van der Waals surface area contributed by atoms with E-state index < -0.39 is 0 Å². The predicted molar refractivity (Wildman–Crippen MR) is 67.7 cm³/mol. The third kappa shape index (κ3) is 1.78. The van der Waals surface area contributed by atoms with Crippen LogP contribution in [0.2, 0.25) is 0 Å². The summed E-state index contributed by atoms with van der Waals surface area (Å²) in [6, 6.07) is 10.3. The van der Waals surface area contributed by atoms with Gasteiger partial charge in [0.2, 0.25) is 5.91 Å². The summed E-state index contributed by atoms with van der Waals surface area (Å²) >= 11 is 0. The van der Waals surface area contributed by atoms with Crippen molar-refractivity contribution in [3.63, 3.8) is 0 Å². The topological polar surface area (TPSA) is 29.1 Å². The van der Waals surface area contributed by atoms with E-state index in [0.29, 0.717) is 0 Å². The van der Waals surface area contributed by atoms with Gasteiger partial charge in [-0.3, -0.25) is 4.79 Å². The summed E-state index contributed by atoms with van der Waals surface area (Å²) in [6.07, 6.45) is 0. The number of benzene rings is 2. The van der Waals surface area contributed by atoms with Gasteiger partial charge in [0.05, 0.1) is 0 Å². The molecule has 0 atom stereocenters. The standard InChI is InChI=1S/C14H15NO/c1-9-8-14(15-11(3)16)10(2)13-7-5-4-6-12(9)13/h4-8H,1-3H3,(H,15,16). The average molecular weight is 213 g/mol. The summed E-state index contributed by atoms with van der Waals surface area (Å²) in [7, 11) is 0. The van der Waals surface area contributed by atoms with Crippen molar-refractivity contribution in [2.45, 2.75) is 20.8 Å². The van der Waals surface area contributed by atoms with Gasteiger partial charge in [-0.15, -0.1) is 0 Å². The molecule has 0 unspecified atom stereocenters. The van der Waals surface area contributed by atoms with E-state index in [9.17, 15) is 4.79 Å². The van der Waals surface area contributed by atoms with E-state index in [1.54, 1.807) is 0 Å². The molecule has 0 aliphatic heterocycles. The van der Waals surface area contributed by atoms with Crippen LogP contribution in [0.15, 0.2) is 30.3 Å². The van der Waals surface area contributed by atoms with Gasteiger partial charge in [0.25, 0.3) is 0 Å². The van der Waals surface area contributed by atoms with Gasteiger partial charge in [-0.05, 0) is 41.8 Å². The number of carbonyl (C=O) groups is 1. The number of rotatable bonds is 1. The molecular formula is C14H15NO. The number of aryl methyl sites for hydroxylation is 2. The van der Waals surface area contributed by atoms with Gasteiger partial charge in [0, 0.05) is 12.6 Å². The first kappa shape index (κ1) is 10.7. The van der Waals surface area contributed by atoms with Crippen molar-refractivity contribution in [3.05, 3.63) is 41.5 Å². The molecule has 2 heteroatoms. The van der Waals surface area contributed by atoms with Crippen molar-refractivity contribution in [1.29, 1.82) is 0 Å². The van der Waals surface area contributed by atoms with Crippen molar-refractivity contribution < 1.29 is 4.79 Å². The minimum Gasteiger partial charge on any atom is -0.326 e. The van der Waals surface area contributed by atoms with E-state index in [-0.39, 0.29) is 5.91 Å². The van der Waals surface area contributed by atoms with E-state index in [1.807, 2.05) is 25.1 Å². The van der Waals surface area contributed by atoms with Gasteiger partial charge in [-0.2, -0.15) is 0 Å². The molecule has 2 rings (SSSR count). The second kappa shape index (κ2) is 3.97. The zero-order valence-corrected chi connectivity index (χ0v) is 9.79. The van der Waals surface area contributed by atoms with Crippen LogP contribution in [0, 0.1) is 13.8 Å². The molecular weight excluding hydrogens is 198 g/mol. The molecule has 0 radical (unpaired) electrons. The molecule has 0 saturated heterocycles. The van der Waals surface area contributed by atoms with Crippen molar-refractivity contribution in [2.75, 3.05) is 5.32 Å². The van der Waals surface area contributed by atoms with Gasteiger partial charge >= 0.3 is 0 Å². The number of hydrogen-bond donors (Lipinski definition) is 1. The van der Waals surface area contributed by atoms with Gasteiger partial charge in [0.1, 0.15) is 0 Å².